The molecule has 5 heterocycles. The summed E-state index contributed by atoms with van der Waals surface area (Å²) in [5.41, 5.74) is 5.21. The number of aromatic nitrogens is 7. The highest BCUT2D eigenvalue weighted by Crippen LogP contribution is 2.35. The molecule has 0 spiro atoms. The number of hydrogen-bond donors (Lipinski definition) is 3. The molecule has 1 fully saturated rings. The van der Waals surface area contributed by atoms with E-state index in [0.717, 1.165) is 35.0 Å². The van der Waals surface area contributed by atoms with Crippen LogP contribution in [0.1, 0.15) is 12.8 Å². The maximum absolute atomic E-state index is 16.0. The van der Waals surface area contributed by atoms with Crippen molar-refractivity contribution < 1.29 is 9.18 Å². The maximum atomic E-state index is 16.0. The predicted octanol–water partition coefficient (Wildman–Crippen LogP) is 5.11. The van der Waals surface area contributed by atoms with Gasteiger partial charge >= 0.3 is 0 Å². The second-order valence-corrected chi connectivity index (χ2v) is 9.04. The second kappa shape index (κ2) is 8.30. The van der Waals surface area contributed by atoms with Gasteiger partial charge in [0.05, 0.1) is 40.0 Å². The first-order valence-corrected chi connectivity index (χ1v) is 11.8. The summed E-state index contributed by atoms with van der Waals surface area (Å²) in [5, 5.41) is 10.3. The van der Waals surface area contributed by atoms with Gasteiger partial charge in [0.25, 0.3) is 0 Å². The van der Waals surface area contributed by atoms with Gasteiger partial charge in [0.15, 0.2) is 11.6 Å². The third-order valence-corrected chi connectivity index (χ3v) is 6.48. The molecule has 1 aliphatic rings. The number of amides is 1. The molecule has 1 saturated carbocycles. The standard InChI is InChI=1S/C27H19FN8O/c28-22-21-20(13-31-23(22)16-9-17(12-30-11-16)32-27(37)14-6-7-14)35-36-25(21)26-33-19-5-1-4-18(24(19)34-26)15-3-2-8-29-10-15/h1-5,8-14H,6-7H2,(H,32,37)(H,33,34)(H,35,36). The number of aromatic amines is 2. The van der Waals surface area contributed by atoms with Crippen molar-refractivity contribution in [2.75, 3.05) is 5.32 Å². The van der Waals surface area contributed by atoms with Crippen LogP contribution >= 0.6 is 0 Å². The second-order valence-electron chi connectivity index (χ2n) is 9.04. The number of pyridine rings is 3. The number of para-hydroxylation sites is 1. The van der Waals surface area contributed by atoms with E-state index >= 15 is 4.39 Å². The van der Waals surface area contributed by atoms with Crippen molar-refractivity contribution in [1.82, 2.24) is 35.1 Å². The van der Waals surface area contributed by atoms with Crippen molar-refractivity contribution in [2.24, 2.45) is 5.92 Å². The number of nitrogens with one attached hydrogen (secondary N) is 3. The molecule has 0 atom stereocenters. The van der Waals surface area contributed by atoms with Gasteiger partial charge in [0, 0.05) is 41.2 Å². The predicted molar refractivity (Wildman–Crippen MR) is 137 cm³/mol. The number of halogens is 1. The minimum Gasteiger partial charge on any atom is -0.337 e. The average molecular weight is 491 g/mol. The first kappa shape index (κ1) is 21.3. The number of rotatable bonds is 5. The van der Waals surface area contributed by atoms with E-state index in [1.807, 2.05) is 30.3 Å². The van der Waals surface area contributed by atoms with Crippen molar-refractivity contribution in [3.8, 4) is 33.9 Å². The Morgan fingerprint density at radius 2 is 1.86 bits per heavy atom. The number of imidazole rings is 1. The molecule has 0 radical (unpaired) electrons. The van der Waals surface area contributed by atoms with Gasteiger partial charge < -0.3 is 10.3 Å². The Morgan fingerprint density at radius 1 is 0.973 bits per heavy atom. The van der Waals surface area contributed by atoms with Crippen LogP contribution in [-0.2, 0) is 4.79 Å². The molecular weight excluding hydrogens is 471 g/mol. The van der Waals surface area contributed by atoms with Gasteiger partial charge in [0.2, 0.25) is 5.91 Å². The topological polar surface area (TPSA) is 125 Å². The Bertz CT molecular complexity index is 1810. The molecule has 10 heteroatoms. The fourth-order valence-electron chi connectivity index (χ4n) is 4.47. The minimum atomic E-state index is -0.554. The van der Waals surface area contributed by atoms with E-state index in [1.165, 1.54) is 18.6 Å². The monoisotopic (exact) mass is 490 g/mol. The lowest BCUT2D eigenvalue weighted by Crippen LogP contribution is -2.13. The number of benzene rings is 1. The van der Waals surface area contributed by atoms with Crippen LogP contribution in [0.3, 0.4) is 0 Å². The van der Waals surface area contributed by atoms with E-state index in [1.54, 1.807) is 18.5 Å². The molecule has 9 nitrogen and oxygen atoms in total. The molecule has 3 N–H and O–H groups in total. The van der Waals surface area contributed by atoms with Crippen LogP contribution in [0, 0.1) is 11.7 Å². The molecule has 180 valence electrons. The summed E-state index contributed by atoms with van der Waals surface area (Å²) in [5.74, 6) is -0.125. The number of carbonyl (C=O) groups is 1. The molecule has 0 bridgehead atoms. The van der Waals surface area contributed by atoms with Crippen LogP contribution in [-0.4, -0.2) is 41.0 Å². The highest BCUT2D eigenvalue weighted by Gasteiger charge is 2.29. The normalized spacial score (nSPS) is 13.3. The molecule has 0 saturated heterocycles. The van der Waals surface area contributed by atoms with Gasteiger partial charge in [-0.1, -0.05) is 18.2 Å². The fraction of sp³-hybridized carbons (Fsp3) is 0.111. The van der Waals surface area contributed by atoms with Crippen molar-refractivity contribution in [2.45, 2.75) is 12.8 Å². The van der Waals surface area contributed by atoms with Crippen LogP contribution in [0.15, 0.2) is 67.4 Å². The van der Waals surface area contributed by atoms with Crippen molar-refractivity contribution in [3.63, 3.8) is 0 Å². The third kappa shape index (κ3) is 3.70. The zero-order valence-electron chi connectivity index (χ0n) is 19.4. The third-order valence-electron chi connectivity index (χ3n) is 6.48. The summed E-state index contributed by atoms with van der Waals surface area (Å²) in [6.07, 6.45) is 9.86. The highest BCUT2D eigenvalue weighted by molar-refractivity contribution is 5.98. The molecule has 5 aromatic heterocycles. The van der Waals surface area contributed by atoms with E-state index in [2.05, 4.69) is 35.5 Å². The largest absolute Gasteiger partial charge is 0.337 e. The van der Waals surface area contributed by atoms with E-state index < -0.39 is 5.82 Å². The number of fused-ring (bicyclic) bond motifs is 2. The molecule has 0 aliphatic heterocycles. The summed E-state index contributed by atoms with van der Waals surface area (Å²) < 4.78 is 16.0. The average Bonchev–Trinajstić information content (AvgIpc) is 3.54. The van der Waals surface area contributed by atoms with Gasteiger partial charge in [-0.15, -0.1) is 0 Å². The van der Waals surface area contributed by atoms with Gasteiger partial charge in [0.1, 0.15) is 11.4 Å². The molecule has 7 rings (SSSR count). The summed E-state index contributed by atoms with van der Waals surface area (Å²) in [6.45, 7) is 0. The molecule has 1 aliphatic carbocycles. The zero-order valence-corrected chi connectivity index (χ0v) is 19.4. The smallest absolute Gasteiger partial charge is 0.227 e. The number of nitrogens with zero attached hydrogens (tertiary/aromatic N) is 5. The van der Waals surface area contributed by atoms with Crippen molar-refractivity contribution in [3.05, 3.63) is 73.2 Å². The first-order valence-electron chi connectivity index (χ1n) is 11.8. The van der Waals surface area contributed by atoms with E-state index in [0.29, 0.717) is 28.3 Å². The lowest BCUT2D eigenvalue weighted by molar-refractivity contribution is -0.117. The summed E-state index contributed by atoms with van der Waals surface area (Å²) >= 11 is 0. The molecular formula is C27H19FN8O. The van der Waals surface area contributed by atoms with Gasteiger partial charge in [-0.3, -0.25) is 24.8 Å². The molecule has 6 aromatic rings. The van der Waals surface area contributed by atoms with Crippen LogP contribution in [0.5, 0.6) is 0 Å². The molecule has 37 heavy (non-hydrogen) atoms. The lowest BCUT2D eigenvalue weighted by atomic mass is 10.1. The molecule has 1 aromatic carbocycles. The summed E-state index contributed by atoms with van der Waals surface area (Å²) in [6, 6.07) is 11.3. The van der Waals surface area contributed by atoms with Crippen LogP contribution in [0.2, 0.25) is 0 Å². The SMILES string of the molecule is O=C(Nc1cncc(-c2ncc3[nH]nc(-c4nc5c(-c6cccnc6)cccc5[nH]4)c3c2F)c1)C1CC1. The van der Waals surface area contributed by atoms with Crippen LogP contribution in [0.25, 0.3) is 55.8 Å². The molecule has 0 unspecified atom stereocenters. The molecule has 1 amide bonds. The summed E-state index contributed by atoms with van der Waals surface area (Å²) in [7, 11) is 0. The van der Waals surface area contributed by atoms with E-state index in [9.17, 15) is 4.79 Å². The van der Waals surface area contributed by atoms with Crippen molar-refractivity contribution in [1.29, 1.82) is 0 Å². The van der Waals surface area contributed by atoms with E-state index in [-0.39, 0.29) is 22.9 Å². The van der Waals surface area contributed by atoms with Crippen molar-refractivity contribution >= 4 is 33.5 Å². The Morgan fingerprint density at radius 3 is 2.70 bits per heavy atom. The summed E-state index contributed by atoms with van der Waals surface area (Å²) in [4.78, 5) is 32.9. The fourth-order valence-corrected chi connectivity index (χ4v) is 4.47. The number of hydrogen-bond acceptors (Lipinski definition) is 6. The lowest BCUT2D eigenvalue weighted by Gasteiger charge is -2.07. The maximum Gasteiger partial charge on any atom is 0.227 e. The minimum absolute atomic E-state index is 0.0458. The Balaban J connectivity index is 1.32. The number of carbonyl (C=O) groups excluding carboxylic acids is 1. The van der Waals surface area contributed by atoms with Gasteiger partial charge in [-0.2, -0.15) is 5.10 Å². The van der Waals surface area contributed by atoms with Crippen LogP contribution in [0.4, 0.5) is 10.1 Å². The zero-order chi connectivity index (χ0) is 24.9. The highest BCUT2D eigenvalue weighted by atomic mass is 19.1. The number of anilines is 1. The first-order chi connectivity index (χ1) is 18.2. The quantitative estimate of drug-likeness (QED) is 0.308. The number of H-pyrrole nitrogens is 2. The van der Waals surface area contributed by atoms with Gasteiger partial charge in [-0.25, -0.2) is 9.37 Å². The Kier molecular flexibility index (Phi) is 4.78. The van der Waals surface area contributed by atoms with E-state index in [4.69, 9.17) is 4.98 Å². The van der Waals surface area contributed by atoms with Crippen LogP contribution < -0.4 is 5.32 Å². The Hall–Kier alpha value is -4.99. The van der Waals surface area contributed by atoms with Gasteiger partial charge in [-0.05, 0) is 31.0 Å². The Labute approximate surface area is 209 Å².